The molecule has 0 aliphatic carbocycles. The van der Waals surface area contributed by atoms with Gasteiger partial charge in [0, 0.05) is 25.5 Å². The summed E-state index contributed by atoms with van der Waals surface area (Å²) in [4.78, 5) is 4.97. The van der Waals surface area contributed by atoms with Gasteiger partial charge in [0.15, 0.2) is 0 Å². The first-order valence-corrected chi connectivity index (χ1v) is 18.4. The molecular weight excluding hydrogens is 472 g/mol. The van der Waals surface area contributed by atoms with E-state index in [2.05, 4.69) is 43.1 Å². The first-order valence-electron chi connectivity index (χ1n) is 18.4. The second kappa shape index (κ2) is 28.9. The van der Waals surface area contributed by atoms with Gasteiger partial charge in [0.1, 0.15) is 0 Å². The average Bonchev–Trinajstić information content (AvgIpc) is 3.38. The van der Waals surface area contributed by atoms with Crippen LogP contribution in [0.4, 0.5) is 0 Å². The molecule has 2 nitrogen and oxygen atoms in total. The van der Waals surface area contributed by atoms with Gasteiger partial charge in [-0.15, -0.1) is 0 Å². The molecule has 0 aromatic rings. The maximum Gasteiger partial charge on any atom is 0.0893 e. The molecule has 0 aromatic heterocycles. The molecule has 0 saturated heterocycles. The Balaban J connectivity index is 1.97. The third kappa shape index (κ3) is 23.7. The van der Waals surface area contributed by atoms with Gasteiger partial charge in [-0.25, -0.2) is 0 Å². The van der Waals surface area contributed by atoms with Crippen molar-refractivity contribution in [2.75, 3.05) is 13.7 Å². The van der Waals surface area contributed by atoms with E-state index >= 15 is 0 Å². The molecule has 0 radical (unpaired) electrons. The third-order valence-corrected chi connectivity index (χ3v) is 9.15. The van der Waals surface area contributed by atoms with Crippen molar-refractivity contribution in [3.8, 4) is 0 Å². The molecule has 1 aliphatic rings. The molecule has 232 valence electrons. The smallest absolute Gasteiger partial charge is 0.0893 e. The van der Waals surface area contributed by atoms with Crippen molar-refractivity contribution in [3.63, 3.8) is 0 Å². The normalized spacial score (nSPS) is 13.4. The van der Waals surface area contributed by atoms with Crippen molar-refractivity contribution in [1.82, 2.24) is 9.80 Å². The Morgan fingerprint density at radius 3 is 0.949 bits per heavy atom. The molecule has 0 amide bonds. The molecule has 39 heavy (non-hydrogen) atoms. The van der Waals surface area contributed by atoms with Crippen LogP contribution in [0.1, 0.15) is 206 Å². The van der Waals surface area contributed by atoms with Gasteiger partial charge in [-0.2, -0.15) is 0 Å². The Bertz CT molecular complexity index is 470. The van der Waals surface area contributed by atoms with E-state index in [0.29, 0.717) is 0 Å². The first kappa shape index (κ1) is 36.4. The van der Waals surface area contributed by atoms with E-state index in [-0.39, 0.29) is 0 Å². The SMILES string of the molecule is CCCCCCCCCCCCCCCCC(CCCCCCCCCCCCCCCC)N1C=CN(C)C1. The first-order chi connectivity index (χ1) is 19.3. The van der Waals surface area contributed by atoms with E-state index in [0.717, 1.165) is 12.7 Å². The summed E-state index contributed by atoms with van der Waals surface area (Å²) in [6.45, 7) is 5.72. The van der Waals surface area contributed by atoms with Crippen molar-refractivity contribution in [3.05, 3.63) is 12.4 Å². The van der Waals surface area contributed by atoms with Crippen LogP contribution in [-0.4, -0.2) is 29.6 Å². The fourth-order valence-electron chi connectivity index (χ4n) is 6.41. The van der Waals surface area contributed by atoms with E-state index in [1.54, 1.807) is 0 Å². The van der Waals surface area contributed by atoms with E-state index in [1.807, 2.05) is 0 Å². The Hall–Kier alpha value is -0.660. The van der Waals surface area contributed by atoms with Crippen molar-refractivity contribution < 1.29 is 0 Å². The number of rotatable bonds is 31. The van der Waals surface area contributed by atoms with Crippen molar-refractivity contribution >= 4 is 0 Å². The summed E-state index contributed by atoms with van der Waals surface area (Å²) < 4.78 is 0. The fourth-order valence-corrected chi connectivity index (χ4v) is 6.41. The van der Waals surface area contributed by atoms with Crippen LogP contribution in [0.15, 0.2) is 12.4 Å². The van der Waals surface area contributed by atoms with Crippen LogP contribution in [0.2, 0.25) is 0 Å². The number of nitrogens with zero attached hydrogens (tertiary/aromatic N) is 2. The topological polar surface area (TPSA) is 6.48 Å². The molecule has 1 aliphatic heterocycles. The summed E-state index contributed by atoms with van der Waals surface area (Å²) in [6, 6.07) is 0.765. The van der Waals surface area contributed by atoms with Gasteiger partial charge in [-0.1, -0.05) is 194 Å². The maximum atomic E-state index is 2.63. The molecule has 2 heteroatoms. The van der Waals surface area contributed by atoms with Gasteiger partial charge in [0.05, 0.1) is 6.67 Å². The molecular formula is C37H74N2. The third-order valence-electron chi connectivity index (χ3n) is 9.15. The van der Waals surface area contributed by atoms with Crippen LogP contribution in [0.25, 0.3) is 0 Å². The van der Waals surface area contributed by atoms with Crippen LogP contribution < -0.4 is 0 Å². The molecule has 0 N–H and O–H groups in total. The van der Waals surface area contributed by atoms with Crippen LogP contribution in [-0.2, 0) is 0 Å². The molecule has 0 aromatic carbocycles. The number of unbranched alkanes of at least 4 members (excludes halogenated alkanes) is 26. The largest absolute Gasteiger partial charge is 0.362 e. The predicted octanol–water partition coefficient (Wildman–Crippen LogP) is 12.8. The molecule has 0 bridgehead atoms. The second-order valence-corrected chi connectivity index (χ2v) is 13.1. The van der Waals surface area contributed by atoms with Gasteiger partial charge in [-0.3, -0.25) is 0 Å². The van der Waals surface area contributed by atoms with E-state index in [4.69, 9.17) is 0 Å². The lowest BCUT2D eigenvalue weighted by atomic mass is 9.98. The summed E-state index contributed by atoms with van der Waals surface area (Å²) in [5, 5.41) is 0. The Morgan fingerprint density at radius 1 is 0.410 bits per heavy atom. The summed E-state index contributed by atoms with van der Waals surface area (Å²) >= 11 is 0. The summed E-state index contributed by atoms with van der Waals surface area (Å²) in [7, 11) is 2.21. The van der Waals surface area contributed by atoms with Crippen LogP contribution in [0.3, 0.4) is 0 Å². The zero-order valence-electron chi connectivity index (χ0n) is 27.5. The monoisotopic (exact) mass is 547 g/mol. The van der Waals surface area contributed by atoms with Gasteiger partial charge >= 0.3 is 0 Å². The lowest BCUT2D eigenvalue weighted by molar-refractivity contribution is 0.203. The summed E-state index contributed by atoms with van der Waals surface area (Å²) in [6.07, 6.45) is 48.2. The van der Waals surface area contributed by atoms with Gasteiger partial charge in [0.25, 0.3) is 0 Å². The Morgan fingerprint density at radius 2 is 0.692 bits per heavy atom. The predicted molar refractivity (Wildman–Crippen MR) is 177 cm³/mol. The molecule has 1 heterocycles. The minimum absolute atomic E-state index is 0.765. The molecule has 0 fully saturated rings. The highest BCUT2D eigenvalue weighted by Crippen LogP contribution is 2.22. The van der Waals surface area contributed by atoms with E-state index < -0.39 is 0 Å². The standard InChI is InChI=1S/C37H74N2/c1-4-6-8-10-12-14-16-18-20-22-24-26-28-30-32-37(39-35-34-38(3)36-39)33-31-29-27-25-23-21-19-17-15-13-11-9-7-5-2/h34-35,37H,4-33,36H2,1-3H3. The molecule has 0 unspecified atom stereocenters. The highest BCUT2D eigenvalue weighted by Gasteiger charge is 2.19. The van der Waals surface area contributed by atoms with Gasteiger partial charge in [0.2, 0.25) is 0 Å². The quantitative estimate of drug-likeness (QED) is 0.0798. The minimum atomic E-state index is 0.765. The molecule has 1 rings (SSSR count). The highest BCUT2D eigenvalue weighted by atomic mass is 15.3. The Kier molecular flexibility index (Phi) is 26.9. The van der Waals surface area contributed by atoms with Gasteiger partial charge in [-0.05, 0) is 12.8 Å². The summed E-state index contributed by atoms with van der Waals surface area (Å²) in [5.74, 6) is 0. The van der Waals surface area contributed by atoms with Crippen molar-refractivity contribution in [2.45, 2.75) is 213 Å². The fraction of sp³-hybridized carbons (Fsp3) is 0.946. The van der Waals surface area contributed by atoms with Crippen LogP contribution in [0.5, 0.6) is 0 Å². The summed E-state index contributed by atoms with van der Waals surface area (Å²) in [5.41, 5.74) is 0. The average molecular weight is 547 g/mol. The minimum Gasteiger partial charge on any atom is -0.362 e. The number of hydrogen-bond acceptors (Lipinski definition) is 2. The zero-order chi connectivity index (χ0) is 28.1. The molecule has 0 atom stereocenters. The zero-order valence-corrected chi connectivity index (χ0v) is 27.5. The van der Waals surface area contributed by atoms with E-state index in [9.17, 15) is 0 Å². The van der Waals surface area contributed by atoms with Crippen molar-refractivity contribution in [2.24, 2.45) is 0 Å². The van der Waals surface area contributed by atoms with Crippen molar-refractivity contribution in [1.29, 1.82) is 0 Å². The van der Waals surface area contributed by atoms with Crippen LogP contribution in [0, 0.1) is 0 Å². The maximum absolute atomic E-state index is 2.63. The van der Waals surface area contributed by atoms with Gasteiger partial charge < -0.3 is 9.80 Å². The Labute approximate surface area is 248 Å². The number of hydrogen-bond donors (Lipinski definition) is 0. The molecule has 0 saturated carbocycles. The highest BCUT2D eigenvalue weighted by molar-refractivity contribution is 4.92. The van der Waals surface area contributed by atoms with Crippen LogP contribution >= 0.6 is 0 Å². The lowest BCUT2D eigenvalue weighted by Crippen LogP contribution is -2.33. The second-order valence-electron chi connectivity index (χ2n) is 13.1. The van der Waals surface area contributed by atoms with E-state index in [1.165, 1.54) is 193 Å². The molecule has 0 spiro atoms. The lowest BCUT2D eigenvalue weighted by Gasteiger charge is -2.29.